The Morgan fingerprint density at radius 1 is 1.25 bits per heavy atom. The fraction of sp³-hybridized carbons (Fsp3) is 0.385. The molecule has 0 spiro atoms. The SMILES string of the molecule is Cc1oncc1C(=O)Nc1cnc(N2CCCC2)nc1. The van der Waals surface area contributed by atoms with Gasteiger partial charge in [0.2, 0.25) is 5.95 Å². The van der Waals surface area contributed by atoms with Crippen LogP contribution in [0.3, 0.4) is 0 Å². The van der Waals surface area contributed by atoms with Crippen LogP contribution in [-0.4, -0.2) is 34.1 Å². The van der Waals surface area contributed by atoms with Crippen LogP contribution in [0.15, 0.2) is 23.1 Å². The van der Waals surface area contributed by atoms with Gasteiger partial charge in [0.1, 0.15) is 11.3 Å². The van der Waals surface area contributed by atoms with Gasteiger partial charge in [-0.3, -0.25) is 4.79 Å². The Hall–Kier alpha value is -2.44. The molecule has 3 rings (SSSR count). The molecule has 1 aliphatic heterocycles. The van der Waals surface area contributed by atoms with Crippen LogP contribution in [0.25, 0.3) is 0 Å². The van der Waals surface area contributed by atoms with Gasteiger partial charge in [0, 0.05) is 13.1 Å². The van der Waals surface area contributed by atoms with Crippen molar-refractivity contribution in [2.75, 3.05) is 23.3 Å². The highest BCUT2D eigenvalue weighted by Gasteiger charge is 2.16. The van der Waals surface area contributed by atoms with Gasteiger partial charge >= 0.3 is 0 Å². The van der Waals surface area contributed by atoms with Gasteiger partial charge in [-0.05, 0) is 19.8 Å². The highest BCUT2D eigenvalue weighted by Crippen LogP contribution is 2.16. The van der Waals surface area contributed by atoms with Gasteiger partial charge in [-0.15, -0.1) is 0 Å². The normalized spacial score (nSPS) is 14.6. The number of anilines is 2. The number of hydrogen-bond donors (Lipinski definition) is 1. The molecule has 0 unspecified atom stereocenters. The van der Waals surface area contributed by atoms with Crippen molar-refractivity contribution >= 4 is 17.5 Å². The molecule has 104 valence electrons. The molecule has 0 bridgehead atoms. The first kappa shape index (κ1) is 12.6. The van der Waals surface area contributed by atoms with Crippen molar-refractivity contribution in [1.82, 2.24) is 15.1 Å². The summed E-state index contributed by atoms with van der Waals surface area (Å²) >= 11 is 0. The zero-order valence-electron chi connectivity index (χ0n) is 11.2. The van der Waals surface area contributed by atoms with Crippen LogP contribution in [0.5, 0.6) is 0 Å². The molecular weight excluding hydrogens is 258 g/mol. The van der Waals surface area contributed by atoms with Crippen molar-refractivity contribution < 1.29 is 9.32 Å². The van der Waals surface area contributed by atoms with Gasteiger partial charge < -0.3 is 14.7 Å². The number of amides is 1. The Labute approximate surface area is 116 Å². The van der Waals surface area contributed by atoms with E-state index in [1.54, 1.807) is 19.3 Å². The molecule has 20 heavy (non-hydrogen) atoms. The zero-order valence-corrected chi connectivity index (χ0v) is 11.2. The number of nitrogens with one attached hydrogen (secondary N) is 1. The Bertz CT molecular complexity index is 601. The van der Waals surface area contributed by atoms with Crippen LogP contribution >= 0.6 is 0 Å². The molecule has 0 radical (unpaired) electrons. The minimum atomic E-state index is -0.277. The maximum Gasteiger partial charge on any atom is 0.260 e. The molecule has 2 aromatic rings. The average molecular weight is 273 g/mol. The molecule has 1 saturated heterocycles. The Morgan fingerprint density at radius 3 is 2.55 bits per heavy atom. The van der Waals surface area contributed by atoms with Gasteiger partial charge in [-0.25, -0.2) is 9.97 Å². The lowest BCUT2D eigenvalue weighted by molar-refractivity contribution is 0.102. The van der Waals surface area contributed by atoms with E-state index in [-0.39, 0.29) is 5.91 Å². The van der Waals surface area contributed by atoms with Gasteiger partial charge in [0.05, 0.1) is 24.3 Å². The maximum absolute atomic E-state index is 12.0. The molecule has 7 heteroatoms. The first-order valence-electron chi connectivity index (χ1n) is 6.53. The predicted octanol–water partition coefficient (Wildman–Crippen LogP) is 1.63. The molecule has 7 nitrogen and oxygen atoms in total. The molecule has 0 aromatic carbocycles. The largest absolute Gasteiger partial charge is 0.361 e. The number of hydrogen-bond acceptors (Lipinski definition) is 6. The standard InChI is InChI=1S/C13H15N5O2/c1-9-11(8-16-20-9)12(19)17-10-6-14-13(15-7-10)18-4-2-3-5-18/h6-8H,2-5H2,1H3,(H,17,19). The molecule has 0 atom stereocenters. The van der Waals surface area contributed by atoms with E-state index in [1.807, 2.05) is 0 Å². The topological polar surface area (TPSA) is 84.2 Å². The fourth-order valence-corrected chi connectivity index (χ4v) is 2.18. The summed E-state index contributed by atoms with van der Waals surface area (Å²) in [5.41, 5.74) is 0.965. The molecule has 0 aliphatic carbocycles. The third-order valence-electron chi connectivity index (χ3n) is 3.28. The Morgan fingerprint density at radius 2 is 1.95 bits per heavy atom. The minimum Gasteiger partial charge on any atom is -0.361 e. The number of rotatable bonds is 3. The van der Waals surface area contributed by atoms with Crippen molar-refractivity contribution in [3.8, 4) is 0 Å². The van der Waals surface area contributed by atoms with Crippen molar-refractivity contribution in [2.24, 2.45) is 0 Å². The Kier molecular flexibility index (Phi) is 3.32. The van der Waals surface area contributed by atoms with Crippen molar-refractivity contribution in [1.29, 1.82) is 0 Å². The summed E-state index contributed by atoms with van der Waals surface area (Å²) in [6, 6.07) is 0. The minimum absolute atomic E-state index is 0.277. The lowest BCUT2D eigenvalue weighted by Crippen LogP contribution is -2.20. The molecule has 1 amide bonds. The van der Waals surface area contributed by atoms with Crippen LogP contribution in [-0.2, 0) is 0 Å². The van der Waals surface area contributed by atoms with E-state index in [0.29, 0.717) is 23.0 Å². The van der Waals surface area contributed by atoms with Gasteiger partial charge in [0.25, 0.3) is 5.91 Å². The molecule has 1 fully saturated rings. The van der Waals surface area contributed by atoms with E-state index >= 15 is 0 Å². The second-order valence-electron chi connectivity index (χ2n) is 4.72. The van der Waals surface area contributed by atoms with E-state index in [1.165, 1.54) is 19.0 Å². The third kappa shape index (κ3) is 2.47. The lowest BCUT2D eigenvalue weighted by atomic mass is 10.2. The highest BCUT2D eigenvalue weighted by atomic mass is 16.5. The summed E-state index contributed by atoms with van der Waals surface area (Å²) < 4.78 is 4.86. The van der Waals surface area contributed by atoms with E-state index < -0.39 is 0 Å². The zero-order chi connectivity index (χ0) is 13.9. The second kappa shape index (κ2) is 5.28. The van der Waals surface area contributed by atoms with Crippen molar-refractivity contribution in [3.05, 3.63) is 29.9 Å². The molecule has 1 aliphatic rings. The Balaban J connectivity index is 1.69. The van der Waals surface area contributed by atoms with E-state index in [9.17, 15) is 4.79 Å². The summed E-state index contributed by atoms with van der Waals surface area (Å²) in [5, 5.41) is 6.30. The summed E-state index contributed by atoms with van der Waals surface area (Å²) in [5.74, 6) is 0.917. The van der Waals surface area contributed by atoms with Crippen molar-refractivity contribution in [3.63, 3.8) is 0 Å². The molecule has 2 aromatic heterocycles. The highest BCUT2D eigenvalue weighted by molar-refractivity contribution is 6.04. The number of aromatic nitrogens is 3. The summed E-state index contributed by atoms with van der Waals surface area (Å²) in [6.07, 6.45) is 6.97. The lowest BCUT2D eigenvalue weighted by Gasteiger charge is -2.14. The summed E-state index contributed by atoms with van der Waals surface area (Å²) in [7, 11) is 0. The molecular formula is C13H15N5O2. The third-order valence-corrected chi connectivity index (χ3v) is 3.28. The smallest absolute Gasteiger partial charge is 0.260 e. The summed E-state index contributed by atoms with van der Waals surface area (Å²) in [6.45, 7) is 3.67. The van der Waals surface area contributed by atoms with Crippen LogP contribution in [0.4, 0.5) is 11.6 Å². The van der Waals surface area contributed by atoms with Crippen molar-refractivity contribution in [2.45, 2.75) is 19.8 Å². The van der Waals surface area contributed by atoms with Gasteiger partial charge in [-0.2, -0.15) is 0 Å². The van der Waals surface area contributed by atoms with Crippen LogP contribution in [0.2, 0.25) is 0 Å². The monoisotopic (exact) mass is 273 g/mol. The molecule has 1 N–H and O–H groups in total. The predicted molar refractivity (Wildman–Crippen MR) is 72.7 cm³/mol. The van der Waals surface area contributed by atoms with E-state index in [2.05, 4.69) is 25.3 Å². The number of aryl methyl sites for hydroxylation is 1. The molecule has 0 saturated carbocycles. The first-order chi connectivity index (χ1) is 9.74. The fourth-order valence-electron chi connectivity index (χ4n) is 2.18. The first-order valence-corrected chi connectivity index (χ1v) is 6.53. The van der Waals surface area contributed by atoms with Gasteiger partial charge in [-0.1, -0.05) is 5.16 Å². The molecule has 3 heterocycles. The maximum atomic E-state index is 12.0. The quantitative estimate of drug-likeness (QED) is 0.914. The van der Waals surface area contributed by atoms with Crippen LogP contribution in [0, 0.1) is 6.92 Å². The van der Waals surface area contributed by atoms with E-state index in [0.717, 1.165) is 13.1 Å². The van der Waals surface area contributed by atoms with E-state index in [4.69, 9.17) is 4.52 Å². The van der Waals surface area contributed by atoms with Crippen LogP contribution in [0.1, 0.15) is 29.0 Å². The van der Waals surface area contributed by atoms with Crippen LogP contribution < -0.4 is 10.2 Å². The average Bonchev–Trinajstić information content (AvgIpc) is 3.10. The number of nitrogens with zero attached hydrogens (tertiary/aromatic N) is 4. The second-order valence-corrected chi connectivity index (χ2v) is 4.72. The number of carbonyl (C=O) groups excluding carboxylic acids is 1. The number of carbonyl (C=O) groups is 1. The van der Waals surface area contributed by atoms with Gasteiger partial charge in [0.15, 0.2) is 0 Å². The summed E-state index contributed by atoms with van der Waals surface area (Å²) in [4.78, 5) is 22.7.